The first kappa shape index (κ1) is 9.64. The van der Waals surface area contributed by atoms with Gasteiger partial charge in [-0.1, -0.05) is 36.4 Å². The quantitative estimate of drug-likeness (QED) is 0.687. The molecule has 3 heteroatoms. The van der Waals surface area contributed by atoms with Crippen LogP contribution in [0.15, 0.2) is 36.4 Å². The Kier molecular flexibility index (Phi) is 2.81. The number of hydrogen-bond acceptors (Lipinski definition) is 1. The molecule has 2 rings (SSSR count). The summed E-state index contributed by atoms with van der Waals surface area (Å²) in [6.07, 6.45) is 0. The Balaban J connectivity index is 2.69. The lowest BCUT2D eigenvalue weighted by Gasteiger charge is -2.07. The molecule has 5 radical (unpaired) electrons. The monoisotopic (exact) mass is 213 g/mol. The second-order valence-corrected chi connectivity index (χ2v) is 4.70. The van der Waals surface area contributed by atoms with E-state index in [1.165, 1.54) is 21.5 Å². The van der Waals surface area contributed by atoms with Crippen LogP contribution < -0.4 is 5.19 Å². The maximum atomic E-state index is 5.05. The lowest BCUT2D eigenvalue weighted by atomic mass is 10.1. The van der Waals surface area contributed by atoms with E-state index in [0.29, 0.717) is 9.76 Å². The molecule has 0 saturated carbocycles. The Hall–Kier alpha value is -0.906. The fraction of sp³-hybridized carbons (Fsp3) is 0.0909. The highest BCUT2D eigenvalue weighted by Gasteiger charge is 2.04. The number of benzene rings is 2. The SMILES string of the molecule is Cc1ccc2ccccc2c1[Si]O[Si]. The van der Waals surface area contributed by atoms with E-state index in [-0.39, 0.29) is 0 Å². The first-order valence-corrected chi connectivity index (χ1v) is 5.71. The highest BCUT2D eigenvalue weighted by Crippen LogP contribution is 2.12. The molecular formula is C11H9OSi2. The van der Waals surface area contributed by atoms with E-state index in [1.807, 2.05) is 0 Å². The van der Waals surface area contributed by atoms with Crippen molar-refractivity contribution in [2.45, 2.75) is 6.92 Å². The predicted molar refractivity (Wildman–Crippen MR) is 60.9 cm³/mol. The van der Waals surface area contributed by atoms with Gasteiger partial charge in [0.2, 0.25) is 10.5 Å². The first-order chi connectivity index (χ1) is 6.83. The molecule has 0 spiro atoms. The van der Waals surface area contributed by atoms with Gasteiger partial charge in [-0.2, -0.15) is 0 Å². The van der Waals surface area contributed by atoms with Crippen LogP contribution >= 0.6 is 0 Å². The molecule has 14 heavy (non-hydrogen) atoms. The first-order valence-electron chi connectivity index (χ1n) is 4.40. The molecule has 0 saturated heterocycles. The molecular weight excluding hydrogens is 204 g/mol. The summed E-state index contributed by atoms with van der Waals surface area (Å²) in [6.45, 7) is 2.11. The molecule has 0 aliphatic rings. The van der Waals surface area contributed by atoms with Crippen molar-refractivity contribution >= 4 is 36.2 Å². The van der Waals surface area contributed by atoms with E-state index < -0.39 is 0 Å². The summed E-state index contributed by atoms with van der Waals surface area (Å²) in [4.78, 5) is 0. The zero-order valence-corrected chi connectivity index (χ0v) is 9.87. The second-order valence-electron chi connectivity index (χ2n) is 3.18. The van der Waals surface area contributed by atoms with Gasteiger partial charge in [0.05, 0.1) is 0 Å². The van der Waals surface area contributed by atoms with Gasteiger partial charge in [-0.3, -0.25) is 0 Å². The number of rotatable bonds is 2. The Morgan fingerprint density at radius 2 is 1.93 bits per heavy atom. The van der Waals surface area contributed by atoms with Crippen molar-refractivity contribution in [2.75, 3.05) is 0 Å². The van der Waals surface area contributed by atoms with Crippen LogP contribution in [0.25, 0.3) is 10.8 Å². The average Bonchev–Trinajstić information content (AvgIpc) is 2.23. The van der Waals surface area contributed by atoms with Gasteiger partial charge >= 0.3 is 0 Å². The van der Waals surface area contributed by atoms with Crippen LogP contribution in [0.5, 0.6) is 0 Å². The summed E-state index contributed by atoms with van der Waals surface area (Å²) in [5.41, 5.74) is 1.28. The van der Waals surface area contributed by atoms with Crippen LogP contribution in [-0.2, 0) is 4.12 Å². The normalized spacial score (nSPS) is 10.7. The largest absolute Gasteiger partial charge is 0.454 e. The van der Waals surface area contributed by atoms with Gasteiger partial charge in [0.25, 0.3) is 9.76 Å². The molecule has 2 aromatic rings. The summed E-state index contributed by atoms with van der Waals surface area (Å²) in [5, 5.41) is 3.83. The molecule has 0 aliphatic carbocycles. The third-order valence-corrected chi connectivity index (χ3v) is 3.57. The van der Waals surface area contributed by atoms with Gasteiger partial charge in [-0.25, -0.2) is 0 Å². The molecule has 2 aromatic carbocycles. The minimum absolute atomic E-state index is 0.353. The van der Waals surface area contributed by atoms with Crippen molar-refractivity contribution in [1.29, 1.82) is 0 Å². The van der Waals surface area contributed by atoms with E-state index >= 15 is 0 Å². The maximum absolute atomic E-state index is 5.05. The molecule has 0 heterocycles. The van der Waals surface area contributed by atoms with Crippen LogP contribution in [0.3, 0.4) is 0 Å². The Morgan fingerprint density at radius 1 is 1.14 bits per heavy atom. The van der Waals surface area contributed by atoms with E-state index in [4.69, 9.17) is 4.12 Å². The average molecular weight is 213 g/mol. The van der Waals surface area contributed by atoms with Gasteiger partial charge in [0.15, 0.2) is 0 Å². The summed E-state index contributed by atoms with van der Waals surface area (Å²) in [7, 11) is 3.42. The fourth-order valence-electron chi connectivity index (χ4n) is 1.57. The van der Waals surface area contributed by atoms with E-state index in [9.17, 15) is 0 Å². The molecule has 0 bridgehead atoms. The molecule has 1 nitrogen and oxygen atoms in total. The zero-order valence-electron chi connectivity index (χ0n) is 7.87. The van der Waals surface area contributed by atoms with E-state index in [1.54, 1.807) is 0 Å². The van der Waals surface area contributed by atoms with Crippen molar-refractivity contribution in [2.24, 2.45) is 0 Å². The highest BCUT2D eigenvalue weighted by molar-refractivity contribution is 6.55. The van der Waals surface area contributed by atoms with E-state index in [0.717, 1.165) is 0 Å². The Labute approximate surface area is 89.6 Å². The number of hydrogen-bond donors (Lipinski definition) is 0. The van der Waals surface area contributed by atoms with Gasteiger partial charge in [0.1, 0.15) is 0 Å². The van der Waals surface area contributed by atoms with Crippen LogP contribution in [0.2, 0.25) is 0 Å². The zero-order chi connectivity index (χ0) is 9.97. The van der Waals surface area contributed by atoms with Gasteiger partial charge in [-0.15, -0.1) is 0 Å². The third-order valence-electron chi connectivity index (χ3n) is 2.29. The molecule has 67 valence electrons. The van der Waals surface area contributed by atoms with Crippen molar-refractivity contribution in [3.63, 3.8) is 0 Å². The van der Waals surface area contributed by atoms with Crippen LogP contribution in [0.4, 0.5) is 0 Å². The Morgan fingerprint density at radius 3 is 2.71 bits per heavy atom. The summed E-state index contributed by atoms with van der Waals surface area (Å²) in [5.74, 6) is 0. The number of fused-ring (bicyclic) bond motifs is 1. The molecule has 0 atom stereocenters. The molecule has 0 amide bonds. The maximum Gasteiger partial charge on any atom is 0.257 e. The standard InChI is InChI=1S/C11H9OSi2/c1-8-6-7-9-4-2-3-5-10(9)11(8)14-12-13/h2-7H,1H3. The minimum Gasteiger partial charge on any atom is -0.454 e. The van der Waals surface area contributed by atoms with Crippen LogP contribution in [0.1, 0.15) is 5.56 Å². The second kappa shape index (κ2) is 4.08. The molecule has 0 aromatic heterocycles. The highest BCUT2D eigenvalue weighted by atomic mass is 28.3. The van der Waals surface area contributed by atoms with Crippen molar-refractivity contribution in [3.05, 3.63) is 42.0 Å². The molecule has 0 N–H and O–H groups in total. The molecule has 0 aliphatic heterocycles. The lowest BCUT2D eigenvalue weighted by molar-refractivity contribution is 0.676. The molecule has 0 unspecified atom stereocenters. The summed E-state index contributed by atoms with van der Waals surface area (Å²) in [6, 6.07) is 12.6. The smallest absolute Gasteiger partial charge is 0.257 e. The van der Waals surface area contributed by atoms with Gasteiger partial charge < -0.3 is 4.12 Å². The van der Waals surface area contributed by atoms with Gasteiger partial charge in [-0.05, 0) is 28.4 Å². The van der Waals surface area contributed by atoms with Crippen LogP contribution in [-0.4, -0.2) is 20.2 Å². The predicted octanol–water partition coefficient (Wildman–Crippen LogP) is 1.49. The topological polar surface area (TPSA) is 9.23 Å². The lowest BCUT2D eigenvalue weighted by Crippen LogP contribution is -2.20. The van der Waals surface area contributed by atoms with Crippen molar-refractivity contribution in [3.8, 4) is 0 Å². The number of aryl methyl sites for hydroxylation is 1. The van der Waals surface area contributed by atoms with Crippen LogP contribution in [0, 0.1) is 6.92 Å². The minimum atomic E-state index is 0.353. The Bertz CT molecular complexity index is 454. The fourth-order valence-corrected chi connectivity index (χ4v) is 2.56. The van der Waals surface area contributed by atoms with Crippen molar-refractivity contribution < 1.29 is 4.12 Å². The van der Waals surface area contributed by atoms with Crippen molar-refractivity contribution in [1.82, 2.24) is 0 Å². The third kappa shape index (κ3) is 1.66. The van der Waals surface area contributed by atoms with E-state index in [2.05, 4.69) is 53.8 Å². The summed E-state index contributed by atoms with van der Waals surface area (Å²) < 4.78 is 5.05. The summed E-state index contributed by atoms with van der Waals surface area (Å²) >= 11 is 0. The van der Waals surface area contributed by atoms with Gasteiger partial charge in [0, 0.05) is 0 Å². The molecule has 0 fully saturated rings.